The summed E-state index contributed by atoms with van der Waals surface area (Å²) in [7, 11) is 1.45. The van der Waals surface area contributed by atoms with Gasteiger partial charge in [-0.2, -0.15) is 0 Å². The molecule has 0 radical (unpaired) electrons. The average Bonchev–Trinajstić information content (AvgIpc) is 2.91. The molecule has 1 fully saturated rings. The summed E-state index contributed by atoms with van der Waals surface area (Å²) in [6.45, 7) is 0.148. The third-order valence-electron chi connectivity index (χ3n) is 3.45. The van der Waals surface area contributed by atoms with E-state index in [1.807, 2.05) is 0 Å². The minimum absolute atomic E-state index is 0.0900. The maximum Gasteiger partial charge on any atom is 0.326 e. The van der Waals surface area contributed by atoms with Crippen LogP contribution in [-0.2, 0) is 9.53 Å². The van der Waals surface area contributed by atoms with E-state index < -0.39 is 22.8 Å². The van der Waals surface area contributed by atoms with E-state index in [2.05, 4.69) is 0 Å². The Kier molecular flexibility index (Phi) is 4.18. The van der Waals surface area contributed by atoms with Crippen molar-refractivity contribution in [2.75, 3.05) is 13.7 Å². The van der Waals surface area contributed by atoms with Gasteiger partial charge in [-0.05, 0) is 6.07 Å². The first kappa shape index (κ1) is 14.9. The second-order valence-corrected chi connectivity index (χ2v) is 4.71. The molecule has 0 aromatic heterocycles. The van der Waals surface area contributed by atoms with Crippen molar-refractivity contribution in [2.45, 2.75) is 18.6 Å². The fourth-order valence-corrected chi connectivity index (χ4v) is 2.35. The molecule has 1 N–H and O–H groups in total. The van der Waals surface area contributed by atoms with E-state index >= 15 is 0 Å². The minimum Gasteiger partial charge on any atom is -0.480 e. The maximum absolute atomic E-state index is 12.4. The first-order valence-electron chi connectivity index (χ1n) is 6.25. The van der Waals surface area contributed by atoms with E-state index in [9.17, 15) is 24.8 Å². The van der Waals surface area contributed by atoms with Gasteiger partial charge in [0.05, 0.1) is 11.0 Å². The Morgan fingerprint density at radius 3 is 2.76 bits per heavy atom. The first-order chi connectivity index (χ1) is 9.93. The standard InChI is InChI=1S/C13H14N2O6/c1-21-10-6-11(13(17)18)14(7-10)12(16)8-3-2-4-9(5-8)15(19)20/h2-5,10-11H,6-7H2,1H3,(H,17,18). The summed E-state index contributed by atoms with van der Waals surface area (Å²) in [5, 5.41) is 19.9. The second-order valence-electron chi connectivity index (χ2n) is 4.71. The van der Waals surface area contributed by atoms with Crippen molar-refractivity contribution in [3.63, 3.8) is 0 Å². The molecular weight excluding hydrogens is 280 g/mol. The lowest BCUT2D eigenvalue weighted by atomic mass is 10.1. The van der Waals surface area contributed by atoms with Crippen molar-refractivity contribution in [3.8, 4) is 0 Å². The molecule has 112 valence electrons. The van der Waals surface area contributed by atoms with Crippen LogP contribution in [0.4, 0.5) is 5.69 Å². The molecule has 8 nitrogen and oxygen atoms in total. The third kappa shape index (κ3) is 3.00. The molecule has 2 unspecified atom stereocenters. The Morgan fingerprint density at radius 1 is 1.48 bits per heavy atom. The average molecular weight is 294 g/mol. The number of carboxylic acid groups (broad SMARTS) is 1. The Labute approximate surface area is 120 Å². The Morgan fingerprint density at radius 2 is 2.19 bits per heavy atom. The number of nitro benzene ring substituents is 1. The smallest absolute Gasteiger partial charge is 0.326 e. The van der Waals surface area contributed by atoms with Crippen molar-refractivity contribution >= 4 is 17.6 Å². The zero-order chi connectivity index (χ0) is 15.6. The summed E-state index contributed by atoms with van der Waals surface area (Å²) in [5.41, 5.74) is -0.123. The van der Waals surface area contributed by atoms with Crippen LogP contribution >= 0.6 is 0 Å². The van der Waals surface area contributed by atoms with Crippen LogP contribution in [-0.4, -0.2) is 52.6 Å². The second kappa shape index (κ2) is 5.88. The number of benzene rings is 1. The normalized spacial score (nSPS) is 21.3. The summed E-state index contributed by atoms with van der Waals surface area (Å²) >= 11 is 0. The Balaban J connectivity index is 2.27. The molecule has 1 heterocycles. The van der Waals surface area contributed by atoms with Crippen molar-refractivity contribution in [3.05, 3.63) is 39.9 Å². The highest BCUT2D eigenvalue weighted by molar-refractivity contribution is 5.97. The number of non-ortho nitro benzene ring substituents is 1. The number of hydrogen-bond donors (Lipinski definition) is 1. The number of nitrogens with zero attached hydrogens (tertiary/aromatic N) is 2. The van der Waals surface area contributed by atoms with Crippen LogP contribution in [0.5, 0.6) is 0 Å². The molecule has 1 aliphatic rings. The van der Waals surface area contributed by atoms with Gasteiger partial charge < -0.3 is 14.7 Å². The van der Waals surface area contributed by atoms with E-state index in [1.54, 1.807) is 0 Å². The fourth-order valence-electron chi connectivity index (χ4n) is 2.35. The molecule has 8 heteroatoms. The number of aliphatic carboxylic acids is 1. The minimum atomic E-state index is -1.12. The molecule has 21 heavy (non-hydrogen) atoms. The molecule has 0 bridgehead atoms. The summed E-state index contributed by atoms with van der Waals surface area (Å²) in [5.74, 6) is -1.67. The molecule has 1 saturated heterocycles. The van der Waals surface area contributed by atoms with Crippen molar-refractivity contribution in [2.24, 2.45) is 0 Å². The van der Waals surface area contributed by atoms with Crippen molar-refractivity contribution in [1.82, 2.24) is 4.90 Å². The topological polar surface area (TPSA) is 110 Å². The van der Waals surface area contributed by atoms with Crippen LogP contribution in [0.2, 0.25) is 0 Å². The van der Waals surface area contributed by atoms with Gasteiger partial charge in [0.1, 0.15) is 6.04 Å². The van der Waals surface area contributed by atoms with Gasteiger partial charge in [-0.15, -0.1) is 0 Å². The predicted octanol–water partition coefficient (Wildman–Crippen LogP) is 0.909. The predicted molar refractivity (Wildman–Crippen MR) is 71.0 cm³/mol. The Hall–Kier alpha value is -2.48. The number of nitro groups is 1. The largest absolute Gasteiger partial charge is 0.480 e. The zero-order valence-corrected chi connectivity index (χ0v) is 11.3. The summed E-state index contributed by atoms with van der Waals surface area (Å²) in [4.78, 5) is 34.9. The molecule has 0 aliphatic carbocycles. The van der Waals surface area contributed by atoms with Gasteiger partial charge in [0.15, 0.2) is 0 Å². The van der Waals surface area contributed by atoms with E-state index in [0.717, 1.165) is 6.07 Å². The Bertz CT molecular complexity index is 588. The SMILES string of the molecule is COC1CC(C(=O)O)N(C(=O)c2cccc([N+](=O)[O-])c2)C1. The van der Waals surface area contributed by atoms with Crippen LogP contribution in [0.3, 0.4) is 0 Å². The highest BCUT2D eigenvalue weighted by Gasteiger charge is 2.40. The summed E-state index contributed by atoms with van der Waals surface area (Å²) in [6.07, 6.45) is -0.152. The molecule has 2 rings (SSSR count). The lowest BCUT2D eigenvalue weighted by molar-refractivity contribution is -0.384. The lowest BCUT2D eigenvalue weighted by Gasteiger charge is -2.21. The molecule has 1 amide bonds. The zero-order valence-electron chi connectivity index (χ0n) is 11.3. The number of carbonyl (C=O) groups is 2. The fraction of sp³-hybridized carbons (Fsp3) is 0.385. The van der Waals surface area contributed by atoms with Crippen molar-refractivity contribution in [1.29, 1.82) is 0 Å². The van der Waals surface area contributed by atoms with E-state index in [1.165, 1.54) is 30.2 Å². The number of carboxylic acids is 1. The van der Waals surface area contributed by atoms with E-state index in [4.69, 9.17) is 4.74 Å². The molecule has 0 spiro atoms. The molecular formula is C13H14N2O6. The van der Waals surface area contributed by atoms with Gasteiger partial charge in [-0.25, -0.2) is 4.79 Å². The lowest BCUT2D eigenvalue weighted by Crippen LogP contribution is -2.40. The summed E-state index contributed by atoms with van der Waals surface area (Å²) in [6, 6.07) is 4.25. The van der Waals surface area contributed by atoms with Gasteiger partial charge in [0, 0.05) is 37.8 Å². The number of methoxy groups -OCH3 is 1. The molecule has 1 aromatic rings. The van der Waals surface area contributed by atoms with Crippen LogP contribution < -0.4 is 0 Å². The van der Waals surface area contributed by atoms with Crippen LogP contribution in [0, 0.1) is 10.1 Å². The van der Waals surface area contributed by atoms with Gasteiger partial charge in [0.2, 0.25) is 0 Å². The number of hydrogen-bond acceptors (Lipinski definition) is 5. The quantitative estimate of drug-likeness (QED) is 0.652. The van der Waals surface area contributed by atoms with Gasteiger partial charge in [-0.3, -0.25) is 14.9 Å². The molecule has 2 atom stereocenters. The van der Waals surface area contributed by atoms with Crippen LogP contribution in [0.1, 0.15) is 16.8 Å². The van der Waals surface area contributed by atoms with Gasteiger partial charge >= 0.3 is 5.97 Å². The van der Waals surface area contributed by atoms with Crippen LogP contribution in [0.15, 0.2) is 24.3 Å². The van der Waals surface area contributed by atoms with E-state index in [0.29, 0.717) is 0 Å². The van der Waals surface area contributed by atoms with Crippen molar-refractivity contribution < 1.29 is 24.4 Å². The number of carbonyl (C=O) groups excluding carboxylic acids is 1. The van der Waals surface area contributed by atoms with Gasteiger partial charge in [0.25, 0.3) is 11.6 Å². The van der Waals surface area contributed by atoms with E-state index in [-0.39, 0.29) is 30.3 Å². The molecule has 0 saturated carbocycles. The maximum atomic E-state index is 12.4. The number of likely N-dealkylation sites (tertiary alicyclic amines) is 1. The number of amides is 1. The first-order valence-corrected chi connectivity index (χ1v) is 6.25. The highest BCUT2D eigenvalue weighted by atomic mass is 16.6. The van der Waals surface area contributed by atoms with Gasteiger partial charge in [-0.1, -0.05) is 6.07 Å². The number of ether oxygens (including phenoxy) is 1. The third-order valence-corrected chi connectivity index (χ3v) is 3.45. The molecule has 1 aliphatic heterocycles. The summed E-state index contributed by atoms with van der Waals surface area (Å²) < 4.78 is 5.10. The highest BCUT2D eigenvalue weighted by Crippen LogP contribution is 2.24. The number of rotatable bonds is 4. The molecule has 1 aromatic carbocycles. The monoisotopic (exact) mass is 294 g/mol. The van der Waals surface area contributed by atoms with Crippen LogP contribution in [0.25, 0.3) is 0 Å².